The van der Waals surface area contributed by atoms with E-state index in [1.54, 1.807) is 0 Å². The summed E-state index contributed by atoms with van der Waals surface area (Å²) < 4.78 is 0. The van der Waals surface area contributed by atoms with Gasteiger partial charge in [0.1, 0.15) is 0 Å². The minimum absolute atomic E-state index is 0.499. The molecule has 1 heteroatoms. The zero-order valence-electron chi connectivity index (χ0n) is 10.4. The Morgan fingerprint density at radius 2 is 1.50 bits per heavy atom. The van der Waals surface area contributed by atoms with Crippen molar-refractivity contribution in [1.29, 1.82) is 0 Å². The number of likely N-dealkylation sites (N-methyl/N-ethyl adjacent to an activating group) is 1. The topological polar surface area (TPSA) is 12.0 Å². The van der Waals surface area contributed by atoms with Crippen LogP contribution in [0.4, 0.5) is 0 Å². The molecule has 2 unspecified atom stereocenters. The van der Waals surface area contributed by atoms with E-state index in [9.17, 15) is 0 Å². The molecule has 0 bridgehead atoms. The van der Waals surface area contributed by atoms with Gasteiger partial charge in [-0.3, -0.25) is 0 Å². The van der Waals surface area contributed by atoms with Crippen LogP contribution in [0.15, 0.2) is 82.7 Å². The van der Waals surface area contributed by atoms with Gasteiger partial charge in [-0.15, -0.1) is 0 Å². The molecule has 0 saturated carbocycles. The van der Waals surface area contributed by atoms with E-state index >= 15 is 0 Å². The molecule has 0 spiro atoms. The Hall–Kier alpha value is -2.02. The maximum Gasteiger partial charge on any atom is 0.0376 e. The van der Waals surface area contributed by atoms with Crippen LogP contribution in [0.1, 0.15) is 0 Å². The van der Waals surface area contributed by atoms with Crippen molar-refractivity contribution in [2.75, 3.05) is 7.05 Å². The second-order valence-corrected chi connectivity index (χ2v) is 5.10. The Balaban J connectivity index is 1.97. The highest BCUT2D eigenvalue weighted by Crippen LogP contribution is 2.49. The molecule has 4 aliphatic rings. The Morgan fingerprint density at radius 1 is 0.778 bits per heavy atom. The third-order valence-electron chi connectivity index (χ3n) is 4.27. The van der Waals surface area contributed by atoms with E-state index < -0.39 is 0 Å². The van der Waals surface area contributed by atoms with Gasteiger partial charge in [0.25, 0.3) is 0 Å². The lowest BCUT2D eigenvalue weighted by molar-refractivity contribution is 0.552. The van der Waals surface area contributed by atoms with Crippen molar-refractivity contribution in [1.82, 2.24) is 5.32 Å². The van der Waals surface area contributed by atoms with Gasteiger partial charge in [0, 0.05) is 24.6 Å². The summed E-state index contributed by atoms with van der Waals surface area (Å²) in [5, 5.41) is 3.32. The van der Waals surface area contributed by atoms with Crippen molar-refractivity contribution < 1.29 is 0 Å². The van der Waals surface area contributed by atoms with Crippen molar-refractivity contribution in [2.24, 2.45) is 11.8 Å². The first-order chi connectivity index (χ1) is 8.88. The van der Waals surface area contributed by atoms with Crippen LogP contribution >= 0.6 is 0 Å². The van der Waals surface area contributed by atoms with Crippen LogP contribution in [0.25, 0.3) is 0 Å². The molecular weight excluding hydrogens is 218 g/mol. The Kier molecular flexibility index (Phi) is 1.93. The highest BCUT2D eigenvalue weighted by atomic mass is 14.8. The number of rotatable bonds is 1. The van der Waals surface area contributed by atoms with Gasteiger partial charge in [-0.2, -0.15) is 0 Å². The monoisotopic (exact) mass is 233 g/mol. The molecule has 0 fully saturated rings. The zero-order chi connectivity index (χ0) is 12.1. The summed E-state index contributed by atoms with van der Waals surface area (Å²) in [6, 6.07) is 0. The third kappa shape index (κ3) is 1.16. The Bertz CT molecular complexity index is 633. The molecule has 0 heterocycles. The van der Waals surface area contributed by atoms with Crippen LogP contribution in [-0.4, -0.2) is 7.05 Å². The minimum Gasteiger partial charge on any atom is -0.388 e. The van der Waals surface area contributed by atoms with Crippen molar-refractivity contribution in [3.05, 3.63) is 82.7 Å². The number of hydrogen-bond donors (Lipinski definition) is 1. The number of allylic oxidation sites excluding steroid dienone is 13. The molecule has 0 aromatic heterocycles. The SMILES string of the molecule is CNC1=CC=C2C=CC3=CC=CC4=CC=C1C2C34. The van der Waals surface area contributed by atoms with E-state index in [1.165, 1.54) is 28.0 Å². The first-order valence-corrected chi connectivity index (χ1v) is 6.46. The molecule has 0 radical (unpaired) electrons. The highest BCUT2D eigenvalue weighted by Gasteiger charge is 2.38. The molecule has 4 rings (SSSR count). The molecule has 0 aromatic rings. The Morgan fingerprint density at radius 3 is 2.33 bits per heavy atom. The van der Waals surface area contributed by atoms with Gasteiger partial charge in [0.05, 0.1) is 0 Å². The van der Waals surface area contributed by atoms with Crippen molar-refractivity contribution in [2.45, 2.75) is 0 Å². The van der Waals surface area contributed by atoms with Gasteiger partial charge in [-0.1, -0.05) is 48.6 Å². The molecular formula is C17H15N. The van der Waals surface area contributed by atoms with E-state index in [0.717, 1.165) is 0 Å². The molecule has 0 saturated heterocycles. The second-order valence-electron chi connectivity index (χ2n) is 5.10. The first-order valence-electron chi connectivity index (χ1n) is 6.46. The summed E-state index contributed by atoms with van der Waals surface area (Å²) in [5.41, 5.74) is 6.99. The highest BCUT2D eigenvalue weighted by molar-refractivity contribution is 5.61. The van der Waals surface area contributed by atoms with Gasteiger partial charge in [0.2, 0.25) is 0 Å². The molecule has 18 heavy (non-hydrogen) atoms. The summed E-state index contributed by atoms with van der Waals surface area (Å²) in [7, 11) is 2.00. The van der Waals surface area contributed by atoms with Gasteiger partial charge in [0.15, 0.2) is 0 Å². The van der Waals surface area contributed by atoms with Crippen LogP contribution in [0, 0.1) is 11.8 Å². The van der Waals surface area contributed by atoms with E-state index in [0.29, 0.717) is 11.8 Å². The zero-order valence-corrected chi connectivity index (χ0v) is 10.4. The smallest absolute Gasteiger partial charge is 0.0376 e. The summed E-state index contributed by atoms with van der Waals surface area (Å²) >= 11 is 0. The van der Waals surface area contributed by atoms with Gasteiger partial charge >= 0.3 is 0 Å². The minimum atomic E-state index is 0.499. The van der Waals surface area contributed by atoms with E-state index in [2.05, 4.69) is 60.0 Å². The van der Waals surface area contributed by atoms with E-state index in [1.807, 2.05) is 7.05 Å². The summed E-state index contributed by atoms with van der Waals surface area (Å²) in [4.78, 5) is 0. The quantitative estimate of drug-likeness (QED) is 0.733. The molecule has 2 atom stereocenters. The van der Waals surface area contributed by atoms with Gasteiger partial charge < -0.3 is 5.32 Å². The van der Waals surface area contributed by atoms with E-state index in [-0.39, 0.29) is 0 Å². The lowest BCUT2D eigenvalue weighted by atomic mass is 9.64. The summed E-state index contributed by atoms with van der Waals surface area (Å²) in [6.45, 7) is 0. The van der Waals surface area contributed by atoms with Crippen molar-refractivity contribution in [3.63, 3.8) is 0 Å². The fraction of sp³-hybridized carbons (Fsp3) is 0.176. The molecule has 1 N–H and O–H groups in total. The van der Waals surface area contributed by atoms with Crippen molar-refractivity contribution >= 4 is 0 Å². The fourth-order valence-electron chi connectivity index (χ4n) is 3.43. The first kappa shape index (κ1) is 9.95. The predicted molar refractivity (Wildman–Crippen MR) is 74.7 cm³/mol. The lowest BCUT2D eigenvalue weighted by Gasteiger charge is -2.40. The van der Waals surface area contributed by atoms with Crippen LogP contribution in [0.5, 0.6) is 0 Å². The molecule has 88 valence electrons. The molecule has 0 aliphatic heterocycles. The number of hydrogen-bond acceptors (Lipinski definition) is 1. The van der Waals surface area contributed by atoms with Gasteiger partial charge in [-0.05, 0) is 28.4 Å². The third-order valence-corrected chi connectivity index (χ3v) is 4.27. The standard InChI is InChI=1S/C17H15N/c1-18-15-10-8-13-6-5-11-3-2-4-12-7-9-14(15)17(13)16(11)12/h2-10,16-18H,1H3. The maximum absolute atomic E-state index is 3.32. The normalized spacial score (nSPS) is 30.6. The van der Waals surface area contributed by atoms with Crippen molar-refractivity contribution in [3.8, 4) is 0 Å². The number of nitrogens with one attached hydrogen (secondary N) is 1. The fourth-order valence-corrected chi connectivity index (χ4v) is 3.43. The van der Waals surface area contributed by atoms with Crippen LogP contribution in [0.2, 0.25) is 0 Å². The maximum atomic E-state index is 3.32. The average molecular weight is 233 g/mol. The molecule has 1 nitrogen and oxygen atoms in total. The Labute approximate surface area is 107 Å². The van der Waals surface area contributed by atoms with Crippen LogP contribution in [-0.2, 0) is 0 Å². The predicted octanol–water partition coefficient (Wildman–Crippen LogP) is 3.19. The molecule has 4 aliphatic carbocycles. The summed E-state index contributed by atoms with van der Waals surface area (Å²) in [6.07, 6.45) is 20.2. The summed E-state index contributed by atoms with van der Waals surface area (Å²) in [5.74, 6) is 1.02. The second kappa shape index (κ2) is 3.49. The van der Waals surface area contributed by atoms with E-state index in [4.69, 9.17) is 0 Å². The lowest BCUT2D eigenvalue weighted by Crippen LogP contribution is -2.31. The molecule has 0 aromatic carbocycles. The molecule has 0 amide bonds. The van der Waals surface area contributed by atoms with Crippen LogP contribution in [0.3, 0.4) is 0 Å². The van der Waals surface area contributed by atoms with Gasteiger partial charge in [-0.25, -0.2) is 0 Å². The van der Waals surface area contributed by atoms with Crippen LogP contribution < -0.4 is 5.32 Å². The largest absolute Gasteiger partial charge is 0.388 e. The average Bonchev–Trinajstić information content (AvgIpc) is 2.44.